The third kappa shape index (κ3) is 4.20. The van der Waals surface area contributed by atoms with Gasteiger partial charge in [-0.2, -0.15) is 0 Å². The van der Waals surface area contributed by atoms with Gasteiger partial charge in [0.25, 0.3) is 5.91 Å². The van der Waals surface area contributed by atoms with Gasteiger partial charge in [0, 0.05) is 24.1 Å². The molecule has 1 amide bonds. The average Bonchev–Trinajstić information content (AvgIpc) is 2.71. The van der Waals surface area contributed by atoms with Crippen LogP contribution in [0.2, 0.25) is 0 Å². The fraction of sp³-hybridized carbons (Fsp3) is 0.190. The largest absolute Gasteiger partial charge is 0.497 e. The molecule has 7 nitrogen and oxygen atoms in total. The van der Waals surface area contributed by atoms with Crippen LogP contribution in [0.4, 0.5) is 17.3 Å². The molecule has 0 aliphatic carbocycles. The number of methoxy groups -OCH3 is 2. The van der Waals surface area contributed by atoms with Crippen molar-refractivity contribution < 1.29 is 14.3 Å². The lowest BCUT2D eigenvalue weighted by Gasteiger charge is -2.12. The van der Waals surface area contributed by atoms with Crippen molar-refractivity contribution in [1.29, 1.82) is 0 Å². The van der Waals surface area contributed by atoms with Crippen molar-refractivity contribution in [3.8, 4) is 11.5 Å². The summed E-state index contributed by atoms with van der Waals surface area (Å²) in [6.45, 7) is 3.90. The zero-order valence-corrected chi connectivity index (χ0v) is 16.2. The van der Waals surface area contributed by atoms with Crippen LogP contribution in [-0.4, -0.2) is 30.1 Å². The molecular weight excluding hydrogens is 356 g/mol. The topological polar surface area (TPSA) is 85.4 Å². The highest BCUT2D eigenvalue weighted by molar-refractivity contribution is 6.04. The minimum Gasteiger partial charge on any atom is -0.497 e. The number of benzene rings is 2. The molecule has 0 aliphatic rings. The fourth-order valence-corrected chi connectivity index (χ4v) is 2.74. The third-order valence-corrected chi connectivity index (χ3v) is 4.29. The Hall–Kier alpha value is -3.61. The maximum Gasteiger partial charge on any atom is 0.258 e. The number of ether oxygens (including phenoxy) is 2. The number of aryl methyl sites for hydroxylation is 2. The third-order valence-electron chi connectivity index (χ3n) is 4.29. The Labute approximate surface area is 163 Å². The normalized spacial score (nSPS) is 10.3. The van der Waals surface area contributed by atoms with Gasteiger partial charge in [-0.05, 0) is 37.1 Å². The van der Waals surface area contributed by atoms with Gasteiger partial charge >= 0.3 is 0 Å². The predicted molar refractivity (Wildman–Crippen MR) is 109 cm³/mol. The molecule has 0 radical (unpaired) electrons. The zero-order valence-electron chi connectivity index (χ0n) is 16.2. The molecular formula is C21H22N4O3. The van der Waals surface area contributed by atoms with Crippen molar-refractivity contribution in [3.63, 3.8) is 0 Å². The number of aromatic nitrogens is 2. The van der Waals surface area contributed by atoms with Gasteiger partial charge in [0.1, 0.15) is 11.5 Å². The second kappa shape index (κ2) is 8.39. The summed E-state index contributed by atoms with van der Waals surface area (Å²) in [5.74, 6) is 1.38. The van der Waals surface area contributed by atoms with E-state index in [4.69, 9.17) is 9.47 Å². The number of carbonyl (C=O) groups excluding carboxylic acids is 1. The highest BCUT2D eigenvalue weighted by atomic mass is 16.5. The number of rotatable bonds is 6. The Morgan fingerprint density at radius 2 is 1.64 bits per heavy atom. The second-order valence-electron chi connectivity index (χ2n) is 6.21. The summed E-state index contributed by atoms with van der Waals surface area (Å²) in [5.41, 5.74) is 3.83. The van der Waals surface area contributed by atoms with Gasteiger partial charge in [0.05, 0.1) is 25.5 Å². The van der Waals surface area contributed by atoms with Crippen LogP contribution in [0.1, 0.15) is 21.5 Å². The number of anilines is 3. The lowest BCUT2D eigenvalue weighted by Crippen LogP contribution is -2.14. The molecule has 0 aliphatic heterocycles. The van der Waals surface area contributed by atoms with E-state index < -0.39 is 0 Å². The summed E-state index contributed by atoms with van der Waals surface area (Å²) >= 11 is 0. The minimum atomic E-state index is -0.261. The van der Waals surface area contributed by atoms with Crippen molar-refractivity contribution in [2.75, 3.05) is 24.9 Å². The Balaban J connectivity index is 1.76. The van der Waals surface area contributed by atoms with Crippen molar-refractivity contribution >= 4 is 23.2 Å². The van der Waals surface area contributed by atoms with E-state index in [1.54, 1.807) is 32.4 Å². The minimum absolute atomic E-state index is 0.261. The van der Waals surface area contributed by atoms with Crippen LogP contribution in [0.3, 0.4) is 0 Å². The quantitative estimate of drug-likeness (QED) is 0.671. The van der Waals surface area contributed by atoms with Crippen LogP contribution >= 0.6 is 0 Å². The van der Waals surface area contributed by atoms with Crippen LogP contribution in [-0.2, 0) is 0 Å². The molecule has 1 heterocycles. The zero-order chi connectivity index (χ0) is 20.1. The summed E-state index contributed by atoms with van der Waals surface area (Å²) in [5, 5.41) is 5.99. The fourth-order valence-electron chi connectivity index (χ4n) is 2.74. The van der Waals surface area contributed by atoms with E-state index in [0.29, 0.717) is 28.7 Å². The number of nitrogens with zero attached hydrogens (tertiary/aromatic N) is 2. The van der Waals surface area contributed by atoms with Crippen LogP contribution in [0, 0.1) is 13.8 Å². The molecule has 7 heteroatoms. The molecule has 0 unspecified atom stereocenters. The summed E-state index contributed by atoms with van der Waals surface area (Å²) in [6, 6.07) is 11.2. The SMILES string of the molecule is COc1ccc(OC)c(Nc2ncc(C(=O)Nc3c(C)cccc3C)cn2)c1. The molecule has 2 N–H and O–H groups in total. The molecule has 0 saturated heterocycles. The second-order valence-corrected chi connectivity index (χ2v) is 6.21. The van der Waals surface area contributed by atoms with Gasteiger partial charge in [-0.1, -0.05) is 18.2 Å². The average molecular weight is 378 g/mol. The first kappa shape index (κ1) is 19.2. The first-order valence-electron chi connectivity index (χ1n) is 8.70. The number of amides is 1. The number of carbonyl (C=O) groups is 1. The Bertz CT molecular complexity index is 967. The van der Waals surface area contributed by atoms with E-state index in [-0.39, 0.29) is 5.91 Å². The summed E-state index contributed by atoms with van der Waals surface area (Å²) < 4.78 is 10.6. The number of hydrogen-bond acceptors (Lipinski definition) is 6. The molecule has 144 valence electrons. The van der Waals surface area contributed by atoms with E-state index in [0.717, 1.165) is 16.8 Å². The van der Waals surface area contributed by atoms with Crippen LogP contribution in [0.25, 0.3) is 0 Å². The van der Waals surface area contributed by atoms with E-state index in [1.165, 1.54) is 12.4 Å². The van der Waals surface area contributed by atoms with Gasteiger partial charge in [0.15, 0.2) is 0 Å². The van der Waals surface area contributed by atoms with E-state index in [1.807, 2.05) is 32.0 Å². The summed E-state index contributed by atoms with van der Waals surface area (Å²) in [4.78, 5) is 21.0. The van der Waals surface area contributed by atoms with E-state index >= 15 is 0 Å². The standard InChI is InChI=1S/C21H22N4O3/c1-13-6-5-7-14(2)19(13)25-20(26)15-11-22-21(23-12-15)24-17-10-16(27-3)8-9-18(17)28-4/h5-12H,1-4H3,(H,25,26)(H,22,23,24). The number of hydrogen-bond donors (Lipinski definition) is 2. The molecule has 28 heavy (non-hydrogen) atoms. The molecule has 3 aromatic rings. The number of nitrogens with one attached hydrogen (secondary N) is 2. The molecule has 0 atom stereocenters. The van der Waals surface area contributed by atoms with Gasteiger partial charge in [-0.3, -0.25) is 4.79 Å². The van der Waals surface area contributed by atoms with Crippen molar-refractivity contribution in [1.82, 2.24) is 9.97 Å². The Kier molecular flexibility index (Phi) is 5.74. The molecule has 0 spiro atoms. The van der Waals surface area contributed by atoms with Crippen molar-refractivity contribution in [3.05, 3.63) is 65.5 Å². The highest BCUT2D eigenvalue weighted by Crippen LogP contribution is 2.30. The first-order chi connectivity index (χ1) is 13.5. The Morgan fingerprint density at radius 1 is 0.964 bits per heavy atom. The van der Waals surface area contributed by atoms with Gasteiger partial charge < -0.3 is 20.1 Å². The molecule has 0 bridgehead atoms. The van der Waals surface area contributed by atoms with E-state index in [9.17, 15) is 4.79 Å². The lowest BCUT2D eigenvalue weighted by atomic mass is 10.1. The smallest absolute Gasteiger partial charge is 0.258 e. The van der Waals surface area contributed by atoms with Gasteiger partial charge in [-0.25, -0.2) is 9.97 Å². The van der Waals surface area contributed by atoms with Crippen LogP contribution in [0.15, 0.2) is 48.8 Å². The van der Waals surface area contributed by atoms with Gasteiger partial charge in [0.2, 0.25) is 5.95 Å². The monoisotopic (exact) mass is 378 g/mol. The highest BCUT2D eigenvalue weighted by Gasteiger charge is 2.12. The van der Waals surface area contributed by atoms with Crippen molar-refractivity contribution in [2.45, 2.75) is 13.8 Å². The van der Waals surface area contributed by atoms with Crippen LogP contribution < -0.4 is 20.1 Å². The molecule has 2 aromatic carbocycles. The predicted octanol–water partition coefficient (Wildman–Crippen LogP) is 4.11. The number of para-hydroxylation sites is 1. The summed E-state index contributed by atoms with van der Waals surface area (Å²) in [6.07, 6.45) is 2.95. The maximum atomic E-state index is 12.5. The van der Waals surface area contributed by atoms with E-state index in [2.05, 4.69) is 20.6 Å². The molecule has 0 saturated carbocycles. The van der Waals surface area contributed by atoms with Gasteiger partial charge in [-0.15, -0.1) is 0 Å². The van der Waals surface area contributed by atoms with Crippen molar-refractivity contribution in [2.24, 2.45) is 0 Å². The Morgan fingerprint density at radius 3 is 2.25 bits per heavy atom. The molecule has 1 aromatic heterocycles. The first-order valence-corrected chi connectivity index (χ1v) is 8.70. The maximum absolute atomic E-state index is 12.5. The van der Waals surface area contributed by atoms with Crippen LogP contribution in [0.5, 0.6) is 11.5 Å². The molecule has 3 rings (SSSR count). The lowest BCUT2D eigenvalue weighted by molar-refractivity contribution is 0.102. The molecule has 0 fully saturated rings. The summed E-state index contributed by atoms with van der Waals surface area (Å²) in [7, 11) is 3.17.